The van der Waals surface area contributed by atoms with Crippen LogP contribution in [0.1, 0.15) is 28.4 Å². The van der Waals surface area contributed by atoms with Crippen LogP contribution < -0.4 is 20.7 Å². The van der Waals surface area contributed by atoms with Gasteiger partial charge in [-0.25, -0.2) is 4.99 Å². The molecule has 0 aromatic heterocycles. The number of fused-ring (bicyclic) bond motifs is 1. The van der Waals surface area contributed by atoms with E-state index >= 15 is 0 Å². The van der Waals surface area contributed by atoms with E-state index in [1.54, 1.807) is 7.11 Å². The summed E-state index contributed by atoms with van der Waals surface area (Å²) in [6.07, 6.45) is 5.83. The van der Waals surface area contributed by atoms with Crippen LogP contribution in [0.5, 0.6) is 5.75 Å². The van der Waals surface area contributed by atoms with E-state index in [-0.39, 0.29) is 5.91 Å². The molecule has 0 spiro atoms. The van der Waals surface area contributed by atoms with Crippen LogP contribution in [0, 0.1) is 0 Å². The predicted molar refractivity (Wildman–Crippen MR) is 139 cm³/mol. The van der Waals surface area contributed by atoms with Gasteiger partial charge in [-0.3, -0.25) is 9.69 Å². The molecule has 3 aliphatic heterocycles. The molecule has 35 heavy (non-hydrogen) atoms. The number of hydrogen-bond donors (Lipinski definition) is 3. The Balaban J connectivity index is 1.33. The summed E-state index contributed by atoms with van der Waals surface area (Å²) in [5.41, 5.74) is 3.60. The van der Waals surface area contributed by atoms with Gasteiger partial charge in [0.2, 0.25) is 0 Å². The topological polar surface area (TPSA) is 81.2 Å². The van der Waals surface area contributed by atoms with E-state index in [2.05, 4.69) is 32.8 Å². The van der Waals surface area contributed by atoms with Crippen LogP contribution in [-0.4, -0.2) is 67.5 Å². The number of amidine groups is 1. The fraction of sp³-hybridized carbons (Fsp3) is 0.333. The van der Waals surface area contributed by atoms with Gasteiger partial charge in [-0.1, -0.05) is 18.2 Å². The number of nitrogens with zero attached hydrogens (tertiary/aromatic N) is 3. The molecule has 0 bridgehead atoms. The number of ether oxygens (including phenoxy) is 1. The number of allylic oxidation sites excluding steroid dienone is 2. The van der Waals surface area contributed by atoms with Gasteiger partial charge in [0.15, 0.2) is 5.66 Å². The van der Waals surface area contributed by atoms with Crippen molar-refractivity contribution in [3.63, 3.8) is 0 Å². The van der Waals surface area contributed by atoms with Crippen molar-refractivity contribution in [1.29, 1.82) is 0 Å². The highest BCUT2D eigenvalue weighted by atomic mass is 16.5. The first kappa shape index (κ1) is 23.1. The maximum atomic E-state index is 13.2. The predicted octanol–water partition coefficient (Wildman–Crippen LogP) is 2.76. The van der Waals surface area contributed by atoms with E-state index in [4.69, 9.17) is 9.73 Å². The SMILES string of the molecule is COc1cc(C(=O)Nc2ccccc2C2=NC3(C)NC=CC=C3N2)ccc1CN1CCN(C)CC1. The number of anilines is 1. The molecule has 0 radical (unpaired) electrons. The Morgan fingerprint density at radius 3 is 2.74 bits per heavy atom. The van der Waals surface area contributed by atoms with E-state index in [1.807, 2.05) is 67.7 Å². The van der Waals surface area contributed by atoms with Gasteiger partial charge in [0, 0.05) is 49.4 Å². The lowest BCUT2D eigenvalue weighted by Gasteiger charge is -2.32. The van der Waals surface area contributed by atoms with Crippen LogP contribution in [-0.2, 0) is 6.54 Å². The molecule has 3 aliphatic rings. The molecule has 1 saturated heterocycles. The molecular weight excluding hydrogens is 440 g/mol. The van der Waals surface area contributed by atoms with Crippen LogP contribution in [0.25, 0.3) is 0 Å². The molecule has 1 atom stereocenters. The van der Waals surface area contributed by atoms with Gasteiger partial charge < -0.3 is 25.6 Å². The summed E-state index contributed by atoms with van der Waals surface area (Å²) < 4.78 is 5.65. The molecule has 1 fully saturated rings. The highest BCUT2D eigenvalue weighted by Crippen LogP contribution is 2.29. The molecule has 182 valence electrons. The van der Waals surface area contributed by atoms with Crippen molar-refractivity contribution in [2.24, 2.45) is 4.99 Å². The lowest BCUT2D eigenvalue weighted by atomic mass is 10.1. The van der Waals surface area contributed by atoms with Crippen molar-refractivity contribution < 1.29 is 9.53 Å². The van der Waals surface area contributed by atoms with Crippen molar-refractivity contribution in [1.82, 2.24) is 20.4 Å². The molecule has 2 aromatic carbocycles. The van der Waals surface area contributed by atoms with Crippen molar-refractivity contribution in [3.05, 3.63) is 83.2 Å². The summed E-state index contributed by atoms with van der Waals surface area (Å²) in [7, 11) is 3.80. The molecule has 1 unspecified atom stereocenters. The third kappa shape index (κ3) is 4.80. The number of aliphatic imine (C=N–C) groups is 1. The van der Waals surface area contributed by atoms with Gasteiger partial charge in [0.1, 0.15) is 11.6 Å². The minimum atomic E-state index is -0.534. The number of dihydropyridines is 1. The second-order valence-corrected chi connectivity index (χ2v) is 9.35. The first-order valence-electron chi connectivity index (χ1n) is 12.0. The third-order valence-electron chi connectivity index (χ3n) is 6.81. The zero-order valence-electron chi connectivity index (χ0n) is 20.5. The Morgan fingerprint density at radius 2 is 1.97 bits per heavy atom. The Kier molecular flexibility index (Phi) is 6.32. The summed E-state index contributed by atoms with van der Waals surface area (Å²) in [6, 6.07) is 13.4. The number of rotatable bonds is 6. The van der Waals surface area contributed by atoms with Gasteiger partial charge in [-0.2, -0.15) is 0 Å². The quantitative estimate of drug-likeness (QED) is 0.600. The van der Waals surface area contributed by atoms with Gasteiger partial charge in [-0.05, 0) is 56.6 Å². The van der Waals surface area contributed by atoms with Gasteiger partial charge in [0.25, 0.3) is 5.91 Å². The highest BCUT2D eigenvalue weighted by molar-refractivity contribution is 6.11. The van der Waals surface area contributed by atoms with E-state index in [1.165, 1.54) is 0 Å². The Morgan fingerprint density at radius 1 is 1.17 bits per heavy atom. The third-order valence-corrected chi connectivity index (χ3v) is 6.81. The molecule has 8 nitrogen and oxygen atoms in total. The standard InChI is InChI=1S/C27H32N6O2/c1-27-24(9-6-12-28-27)30-25(31-27)21-7-4-5-8-22(21)29-26(34)19-10-11-20(23(17-19)35-3)18-33-15-13-32(2)14-16-33/h4-12,17,28H,13-16,18H2,1-3H3,(H,29,34)(H,30,31). The molecule has 0 aliphatic carbocycles. The first-order valence-corrected chi connectivity index (χ1v) is 12.0. The number of hydrogen-bond acceptors (Lipinski definition) is 7. The number of likely N-dealkylation sites (N-methyl/N-ethyl adjacent to an activating group) is 1. The summed E-state index contributed by atoms with van der Waals surface area (Å²) in [6.45, 7) is 7.00. The Hall–Kier alpha value is -3.62. The second kappa shape index (κ2) is 9.56. The molecule has 2 aromatic rings. The smallest absolute Gasteiger partial charge is 0.255 e. The number of para-hydroxylation sites is 1. The van der Waals surface area contributed by atoms with E-state index in [9.17, 15) is 4.79 Å². The van der Waals surface area contributed by atoms with Gasteiger partial charge in [0.05, 0.1) is 18.5 Å². The fourth-order valence-electron chi connectivity index (χ4n) is 4.61. The van der Waals surface area contributed by atoms with Crippen molar-refractivity contribution in [3.8, 4) is 5.75 Å². The van der Waals surface area contributed by atoms with Gasteiger partial charge in [-0.15, -0.1) is 0 Å². The summed E-state index contributed by atoms with van der Waals surface area (Å²) in [4.78, 5) is 22.8. The van der Waals surface area contributed by atoms with Crippen LogP contribution in [0.4, 0.5) is 5.69 Å². The average molecular weight is 473 g/mol. The number of amides is 1. The zero-order valence-corrected chi connectivity index (χ0v) is 20.5. The molecule has 5 rings (SSSR count). The lowest BCUT2D eigenvalue weighted by molar-refractivity contribution is 0.102. The van der Waals surface area contributed by atoms with E-state index in [0.717, 1.165) is 55.3 Å². The fourth-order valence-corrected chi connectivity index (χ4v) is 4.61. The molecular formula is C27H32N6O2. The highest BCUT2D eigenvalue weighted by Gasteiger charge is 2.36. The number of nitrogens with one attached hydrogen (secondary N) is 3. The number of carbonyl (C=O) groups excluding carboxylic acids is 1. The van der Waals surface area contributed by atoms with Crippen molar-refractivity contribution >= 4 is 17.4 Å². The maximum absolute atomic E-state index is 13.2. The van der Waals surface area contributed by atoms with Crippen LogP contribution >= 0.6 is 0 Å². The minimum absolute atomic E-state index is 0.192. The average Bonchev–Trinajstić information content (AvgIpc) is 3.23. The normalized spacial score (nSPS) is 21.9. The second-order valence-electron chi connectivity index (χ2n) is 9.35. The minimum Gasteiger partial charge on any atom is -0.496 e. The molecule has 0 saturated carbocycles. The van der Waals surface area contributed by atoms with Crippen molar-refractivity contribution in [2.45, 2.75) is 19.1 Å². The number of carbonyl (C=O) groups is 1. The summed E-state index contributed by atoms with van der Waals surface area (Å²) in [5.74, 6) is 1.25. The summed E-state index contributed by atoms with van der Waals surface area (Å²) in [5, 5.41) is 9.74. The van der Waals surface area contributed by atoms with E-state index < -0.39 is 5.66 Å². The van der Waals surface area contributed by atoms with E-state index in [0.29, 0.717) is 17.1 Å². The molecule has 8 heteroatoms. The van der Waals surface area contributed by atoms with Gasteiger partial charge >= 0.3 is 0 Å². The van der Waals surface area contributed by atoms with Crippen LogP contribution in [0.15, 0.2) is 71.5 Å². The number of piperazine rings is 1. The zero-order chi connectivity index (χ0) is 24.4. The van der Waals surface area contributed by atoms with Crippen molar-refractivity contribution in [2.75, 3.05) is 45.7 Å². The molecule has 1 amide bonds. The van der Waals surface area contributed by atoms with Crippen LogP contribution in [0.2, 0.25) is 0 Å². The lowest BCUT2D eigenvalue weighted by Crippen LogP contribution is -2.43. The number of methoxy groups -OCH3 is 1. The number of benzene rings is 2. The Labute approximate surface area is 206 Å². The Bertz CT molecular complexity index is 1210. The maximum Gasteiger partial charge on any atom is 0.255 e. The monoisotopic (exact) mass is 472 g/mol. The summed E-state index contributed by atoms with van der Waals surface area (Å²) >= 11 is 0. The largest absolute Gasteiger partial charge is 0.496 e. The van der Waals surface area contributed by atoms with Crippen LogP contribution in [0.3, 0.4) is 0 Å². The molecule has 3 heterocycles. The molecule has 3 N–H and O–H groups in total. The first-order chi connectivity index (χ1) is 16.9.